The first-order chi connectivity index (χ1) is 12.0. The number of fused-ring (bicyclic) bond motifs is 1. The minimum atomic E-state index is 0.284. The summed E-state index contributed by atoms with van der Waals surface area (Å²) in [5.41, 5.74) is 8.13. The van der Waals surface area contributed by atoms with E-state index in [1.165, 1.54) is 5.56 Å². The predicted octanol–water partition coefficient (Wildman–Crippen LogP) is 1.95. The number of aromatic nitrogens is 4. The molecule has 0 bridgehead atoms. The van der Waals surface area contributed by atoms with Crippen molar-refractivity contribution in [3.63, 3.8) is 0 Å². The minimum Gasteiger partial charge on any atom is -0.497 e. The molecule has 0 aliphatic carbocycles. The van der Waals surface area contributed by atoms with Crippen molar-refractivity contribution < 1.29 is 4.74 Å². The van der Waals surface area contributed by atoms with Crippen LogP contribution in [0.1, 0.15) is 17.2 Å². The summed E-state index contributed by atoms with van der Waals surface area (Å²) in [5.74, 6) is 2.79. The molecule has 0 aliphatic heterocycles. The number of nitrogens with zero attached hydrogens (tertiary/aromatic N) is 4. The summed E-state index contributed by atoms with van der Waals surface area (Å²) in [6, 6.07) is 5.97. The number of hydrogen-bond acceptors (Lipinski definition) is 5. The van der Waals surface area contributed by atoms with Crippen LogP contribution in [0.25, 0.3) is 10.9 Å². The molecule has 8 heteroatoms. The van der Waals surface area contributed by atoms with E-state index >= 15 is 0 Å². The number of ether oxygens (including phenoxy) is 1. The van der Waals surface area contributed by atoms with Crippen LogP contribution in [0.15, 0.2) is 29.4 Å². The van der Waals surface area contributed by atoms with Gasteiger partial charge in [0, 0.05) is 29.7 Å². The minimum absolute atomic E-state index is 0.284. The number of benzene rings is 1. The predicted molar refractivity (Wildman–Crippen MR) is 98.0 cm³/mol. The Morgan fingerprint density at radius 1 is 1.24 bits per heavy atom. The van der Waals surface area contributed by atoms with Gasteiger partial charge in [0.1, 0.15) is 17.4 Å². The molecule has 2 aromatic heterocycles. The number of anilines is 1. The highest BCUT2D eigenvalue weighted by atomic mass is 16.5. The van der Waals surface area contributed by atoms with Crippen molar-refractivity contribution in [2.45, 2.75) is 20.3 Å². The lowest BCUT2D eigenvalue weighted by molar-refractivity contribution is 0.415. The fraction of sp³-hybridized carbons (Fsp3) is 0.294. The van der Waals surface area contributed by atoms with Crippen LogP contribution in [-0.4, -0.2) is 39.6 Å². The molecule has 2 heterocycles. The molecule has 0 unspecified atom stereocenters. The third kappa shape index (κ3) is 4.03. The van der Waals surface area contributed by atoms with Crippen LogP contribution in [0.4, 0.5) is 5.95 Å². The normalized spacial score (nSPS) is 11.7. The molecule has 4 N–H and O–H groups in total. The molecule has 3 aromatic rings. The van der Waals surface area contributed by atoms with E-state index in [9.17, 15) is 0 Å². The van der Waals surface area contributed by atoms with E-state index in [1.54, 1.807) is 21.0 Å². The second-order valence-electron chi connectivity index (χ2n) is 5.62. The Kier molecular flexibility index (Phi) is 4.78. The second kappa shape index (κ2) is 7.16. The summed E-state index contributed by atoms with van der Waals surface area (Å²) in [6.07, 6.45) is 2.76. The summed E-state index contributed by atoms with van der Waals surface area (Å²) < 4.78 is 5.23. The molecular formula is C17H21N7O. The van der Waals surface area contributed by atoms with Crippen molar-refractivity contribution in [2.24, 2.45) is 10.7 Å². The molecule has 0 spiro atoms. The average Bonchev–Trinajstić information content (AvgIpc) is 2.96. The van der Waals surface area contributed by atoms with Crippen LogP contribution in [-0.2, 0) is 6.42 Å². The van der Waals surface area contributed by atoms with Gasteiger partial charge in [-0.15, -0.1) is 0 Å². The Hall–Kier alpha value is -3.16. The number of methoxy groups -OCH3 is 1. The number of aromatic amines is 1. The summed E-state index contributed by atoms with van der Waals surface area (Å²) >= 11 is 0. The number of guanidine groups is 1. The number of nitrogens with one attached hydrogen (secondary N) is 2. The van der Waals surface area contributed by atoms with Crippen molar-refractivity contribution in [2.75, 3.05) is 19.0 Å². The Bertz CT molecular complexity index is 896. The van der Waals surface area contributed by atoms with Crippen molar-refractivity contribution in [1.82, 2.24) is 19.9 Å². The molecule has 0 amide bonds. The lowest BCUT2D eigenvalue weighted by atomic mass is 10.1. The highest BCUT2D eigenvalue weighted by molar-refractivity contribution is 5.90. The summed E-state index contributed by atoms with van der Waals surface area (Å²) in [4.78, 5) is 20.1. The van der Waals surface area contributed by atoms with E-state index in [0.717, 1.165) is 23.1 Å². The lowest BCUT2D eigenvalue weighted by Crippen LogP contribution is -2.25. The fourth-order valence-electron chi connectivity index (χ4n) is 2.62. The molecule has 0 aliphatic rings. The van der Waals surface area contributed by atoms with Crippen molar-refractivity contribution >= 4 is 22.8 Å². The summed E-state index contributed by atoms with van der Waals surface area (Å²) in [7, 11) is 1.66. The fourth-order valence-corrected chi connectivity index (χ4v) is 2.62. The number of aryl methyl sites for hydroxylation is 2. The molecule has 1 aromatic carbocycles. The van der Waals surface area contributed by atoms with Gasteiger partial charge in [-0.3, -0.25) is 10.3 Å². The standard InChI is InChI=1S/C17H21N7O/c1-10-21-11(2)23-17(22-10)24-16(18)19-7-6-12-9-20-15-8-13(25-3)4-5-14(12)15/h4-5,8-9,20H,6-7H2,1-3H3,(H3,18,19,21,22,23,24). The van der Waals surface area contributed by atoms with E-state index in [2.05, 4.69) is 30.2 Å². The van der Waals surface area contributed by atoms with Crippen LogP contribution in [0.5, 0.6) is 5.75 Å². The van der Waals surface area contributed by atoms with Crippen molar-refractivity contribution in [3.05, 3.63) is 41.6 Å². The zero-order valence-corrected chi connectivity index (χ0v) is 14.5. The van der Waals surface area contributed by atoms with Gasteiger partial charge in [0.15, 0.2) is 5.96 Å². The average molecular weight is 339 g/mol. The molecule has 0 atom stereocenters. The highest BCUT2D eigenvalue weighted by Gasteiger charge is 2.05. The molecular weight excluding hydrogens is 318 g/mol. The molecule has 0 saturated heterocycles. The molecule has 25 heavy (non-hydrogen) atoms. The first kappa shape index (κ1) is 16.7. The van der Waals surface area contributed by atoms with E-state index in [-0.39, 0.29) is 5.96 Å². The van der Waals surface area contributed by atoms with E-state index in [0.29, 0.717) is 24.1 Å². The van der Waals surface area contributed by atoms with E-state index < -0.39 is 0 Å². The number of hydrogen-bond donors (Lipinski definition) is 3. The Labute approximate surface area is 145 Å². The Morgan fingerprint density at radius 3 is 2.72 bits per heavy atom. The van der Waals surface area contributed by atoms with Gasteiger partial charge in [0.2, 0.25) is 5.95 Å². The largest absolute Gasteiger partial charge is 0.497 e. The van der Waals surface area contributed by atoms with Gasteiger partial charge in [-0.05, 0) is 38.0 Å². The van der Waals surface area contributed by atoms with Crippen molar-refractivity contribution in [1.29, 1.82) is 0 Å². The van der Waals surface area contributed by atoms with Gasteiger partial charge in [-0.1, -0.05) is 0 Å². The van der Waals surface area contributed by atoms with Gasteiger partial charge < -0.3 is 15.5 Å². The van der Waals surface area contributed by atoms with E-state index in [1.807, 2.05) is 24.4 Å². The smallest absolute Gasteiger partial charge is 0.233 e. The van der Waals surface area contributed by atoms with E-state index in [4.69, 9.17) is 10.5 Å². The summed E-state index contributed by atoms with van der Waals surface area (Å²) in [5, 5.41) is 4.06. The molecule has 8 nitrogen and oxygen atoms in total. The third-order valence-electron chi connectivity index (χ3n) is 3.74. The van der Waals surface area contributed by atoms with Gasteiger partial charge in [-0.2, -0.15) is 9.97 Å². The molecule has 130 valence electrons. The van der Waals surface area contributed by atoms with Gasteiger partial charge in [-0.25, -0.2) is 4.98 Å². The van der Waals surface area contributed by atoms with Crippen LogP contribution >= 0.6 is 0 Å². The highest BCUT2D eigenvalue weighted by Crippen LogP contribution is 2.23. The first-order valence-corrected chi connectivity index (χ1v) is 7.95. The number of rotatable bonds is 5. The maximum atomic E-state index is 5.91. The quantitative estimate of drug-likeness (QED) is 0.483. The van der Waals surface area contributed by atoms with Crippen LogP contribution in [0.3, 0.4) is 0 Å². The van der Waals surface area contributed by atoms with Gasteiger partial charge >= 0.3 is 0 Å². The summed E-state index contributed by atoms with van der Waals surface area (Å²) in [6.45, 7) is 4.17. The van der Waals surface area contributed by atoms with Gasteiger partial charge in [0.25, 0.3) is 0 Å². The monoisotopic (exact) mass is 339 g/mol. The van der Waals surface area contributed by atoms with Crippen LogP contribution in [0.2, 0.25) is 0 Å². The zero-order chi connectivity index (χ0) is 17.8. The lowest BCUT2D eigenvalue weighted by Gasteiger charge is -2.05. The van der Waals surface area contributed by atoms with Crippen molar-refractivity contribution in [3.8, 4) is 5.75 Å². The Morgan fingerprint density at radius 2 is 2.00 bits per heavy atom. The molecule has 3 rings (SSSR count). The molecule has 0 fully saturated rings. The number of H-pyrrole nitrogens is 1. The van der Waals surface area contributed by atoms with Gasteiger partial charge in [0.05, 0.1) is 7.11 Å². The van der Waals surface area contributed by atoms with Crippen LogP contribution < -0.4 is 15.8 Å². The molecule has 0 radical (unpaired) electrons. The number of nitrogens with two attached hydrogens (primary N) is 1. The topological polar surface area (TPSA) is 114 Å². The third-order valence-corrected chi connectivity index (χ3v) is 3.74. The van der Waals surface area contributed by atoms with Crippen LogP contribution in [0, 0.1) is 13.8 Å². The maximum Gasteiger partial charge on any atom is 0.233 e. The number of aliphatic imine (C=N–C) groups is 1. The maximum absolute atomic E-state index is 5.91. The SMILES string of the molecule is COc1ccc2c(CCN=C(N)Nc3nc(C)nc(C)n3)c[nH]c2c1. The zero-order valence-electron chi connectivity index (χ0n) is 14.5. The molecule has 0 saturated carbocycles. The Balaban J connectivity index is 1.64. The second-order valence-corrected chi connectivity index (χ2v) is 5.62. The first-order valence-electron chi connectivity index (χ1n) is 7.95.